The smallest absolute Gasteiger partial charge is 0.184 e. The molecular formula is C31H60N2O2. The number of hydrogen-bond donors (Lipinski definition) is 1. The van der Waals surface area contributed by atoms with Gasteiger partial charge in [0.1, 0.15) is 7.05 Å². The number of carboxylic acid groups (broad SMARTS) is 1. The van der Waals surface area contributed by atoms with Gasteiger partial charge in [0.2, 0.25) is 0 Å². The standard InChI is InChI=1S/C28H52N.C2H4O2.CH5N/c1-5-8-11-14-17-20-23-28-27(22-19-16-13-10-7-3)24-26(25-29(28)4)21-18-15-12-9-6-2;1-2(3)4;1-2/h24-25H,5-23H2,1-4H3;1H3,(H,3,4);2H2,1H3/q+1;;/p-1. The number of nitrogens with two attached hydrogens (primary N) is 1. The number of carboxylic acids is 1. The van der Waals surface area contributed by atoms with Crippen molar-refractivity contribution in [3.05, 3.63) is 29.1 Å². The van der Waals surface area contributed by atoms with Crippen LogP contribution in [0.4, 0.5) is 0 Å². The zero-order valence-electron chi connectivity index (χ0n) is 24.4. The van der Waals surface area contributed by atoms with E-state index in [1.807, 2.05) is 0 Å². The quantitative estimate of drug-likeness (QED) is 0.171. The Morgan fingerprint density at radius 3 is 1.54 bits per heavy atom. The van der Waals surface area contributed by atoms with Crippen LogP contribution in [0.2, 0.25) is 0 Å². The monoisotopic (exact) mass is 492 g/mol. The first-order valence-corrected chi connectivity index (χ1v) is 14.7. The van der Waals surface area contributed by atoms with Crippen LogP contribution in [0, 0.1) is 0 Å². The van der Waals surface area contributed by atoms with Crippen molar-refractivity contribution >= 4 is 5.97 Å². The fourth-order valence-corrected chi connectivity index (χ4v) is 4.51. The minimum Gasteiger partial charge on any atom is -0.550 e. The Bertz CT molecular complexity index is 598. The molecule has 0 aliphatic heterocycles. The van der Waals surface area contributed by atoms with E-state index in [9.17, 15) is 0 Å². The molecular weight excluding hydrogens is 432 g/mol. The highest BCUT2D eigenvalue weighted by atomic mass is 16.4. The van der Waals surface area contributed by atoms with Crippen LogP contribution in [0.15, 0.2) is 12.3 Å². The van der Waals surface area contributed by atoms with Crippen LogP contribution >= 0.6 is 0 Å². The van der Waals surface area contributed by atoms with Gasteiger partial charge in [-0.25, -0.2) is 4.57 Å². The first-order chi connectivity index (χ1) is 17.0. The van der Waals surface area contributed by atoms with E-state index in [1.165, 1.54) is 129 Å². The summed E-state index contributed by atoms with van der Waals surface area (Å²) in [6.07, 6.45) is 28.4. The molecule has 0 bridgehead atoms. The van der Waals surface area contributed by atoms with E-state index in [1.54, 1.807) is 16.8 Å². The Morgan fingerprint density at radius 1 is 0.714 bits per heavy atom. The second-order valence-corrected chi connectivity index (χ2v) is 9.77. The largest absolute Gasteiger partial charge is 0.550 e. The number of unbranched alkanes of at least 4 members (excludes halogenated alkanes) is 13. The normalized spacial score (nSPS) is 10.3. The molecule has 0 spiro atoms. The van der Waals surface area contributed by atoms with Gasteiger partial charge in [0, 0.05) is 23.5 Å². The molecule has 1 aromatic rings. The van der Waals surface area contributed by atoms with Gasteiger partial charge in [0.25, 0.3) is 0 Å². The minimum absolute atomic E-state index is 0.972. The molecule has 0 saturated heterocycles. The molecule has 35 heavy (non-hydrogen) atoms. The van der Waals surface area contributed by atoms with Crippen LogP contribution < -0.4 is 15.4 Å². The highest BCUT2D eigenvalue weighted by Gasteiger charge is 2.15. The Hall–Kier alpha value is -1.42. The number of rotatable bonds is 19. The molecule has 0 aliphatic carbocycles. The molecule has 0 aromatic carbocycles. The van der Waals surface area contributed by atoms with E-state index in [2.05, 4.69) is 50.4 Å². The zero-order valence-corrected chi connectivity index (χ0v) is 24.4. The Kier molecular flexibility index (Phi) is 27.7. The summed E-state index contributed by atoms with van der Waals surface area (Å²) in [5, 5.41) is 8.89. The third kappa shape index (κ3) is 22.8. The lowest BCUT2D eigenvalue weighted by Crippen LogP contribution is -2.35. The van der Waals surface area contributed by atoms with Crippen molar-refractivity contribution in [2.45, 2.75) is 150 Å². The Balaban J connectivity index is 0. The molecule has 0 fully saturated rings. The summed E-state index contributed by atoms with van der Waals surface area (Å²) in [4.78, 5) is 8.89. The number of pyridine rings is 1. The maximum absolute atomic E-state index is 8.89. The number of carbonyl (C=O) groups excluding carboxylic acids is 1. The number of hydrogen-bond acceptors (Lipinski definition) is 3. The third-order valence-corrected chi connectivity index (χ3v) is 6.40. The molecule has 1 aromatic heterocycles. The highest BCUT2D eigenvalue weighted by molar-refractivity contribution is 5.60. The number of nitrogens with zero attached hydrogens (tertiary/aromatic N) is 1. The van der Waals surface area contributed by atoms with Crippen LogP contribution in [-0.2, 0) is 31.1 Å². The van der Waals surface area contributed by atoms with E-state index in [0.717, 1.165) is 6.92 Å². The summed E-state index contributed by atoms with van der Waals surface area (Å²) in [7, 11) is 3.80. The van der Waals surface area contributed by atoms with Crippen LogP contribution in [0.5, 0.6) is 0 Å². The lowest BCUT2D eigenvalue weighted by atomic mass is 9.97. The molecule has 1 heterocycles. The Labute approximate surface area is 219 Å². The van der Waals surface area contributed by atoms with Crippen molar-refractivity contribution in [2.24, 2.45) is 12.8 Å². The summed E-state index contributed by atoms with van der Waals surface area (Å²) in [6, 6.07) is 2.58. The number of carbonyl (C=O) groups is 1. The summed E-state index contributed by atoms with van der Waals surface area (Å²) in [6.45, 7) is 7.88. The predicted molar refractivity (Wildman–Crippen MR) is 150 cm³/mol. The summed E-state index contributed by atoms with van der Waals surface area (Å²) >= 11 is 0. The fourth-order valence-electron chi connectivity index (χ4n) is 4.51. The van der Waals surface area contributed by atoms with Crippen LogP contribution in [-0.4, -0.2) is 13.0 Å². The molecule has 0 radical (unpaired) electrons. The van der Waals surface area contributed by atoms with Crippen LogP contribution in [0.25, 0.3) is 0 Å². The van der Waals surface area contributed by atoms with Gasteiger partial charge >= 0.3 is 0 Å². The van der Waals surface area contributed by atoms with Gasteiger partial charge in [-0.2, -0.15) is 0 Å². The van der Waals surface area contributed by atoms with Crippen molar-refractivity contribution in [3.8, 4) is 0 Å². The van der Waals surface area contributed by atoms with Gasteiger partial charge < -0.3 is 15.6 Å². The SMILES string of the molecule is CC(=O)[O-].CCCCCCCCc1c(CCCCCCC)cc(CCCCCCC)c[n+]1C.CN. The molecule has 0 aliphatic rings. The Morgan fingerprint density at radius 2 is 1.09 bits per heavy atom. The number of aryl methyl sites for hydroxylation is 3. The molecule has 2 N–H and O–H groups in total. The van der Waals surface area contributed by atoms with E-state index in [-0.39, 0.29) is 0 Å². The first-order valence-electron chi connectivity index (χ1n) is 14.7. The molecule has 0 amide bonds. The van der Waals surface area contributed by atoms with E-state index in [0.29, 0.717) is 0 Å². The van der Waals surface area contributed by atoms with Crippen molar-refractivity contribution < 1.29 is 14.5 Å². The molecule has 0 atom stereocenters. The maximum atomic E-state index is 8.89. The van der Waals surface area contributed by atoms with Gasteiger partial charge in [-0.1, -0.05) is 104 Å². The average molecular weight is 493 g/mol. The maximum Gasteiger partial charge on any atom is 0.184 e. The minimum atomic E-state index is -1.08. The first kappa shape index (κ1) is 35.7. The third-order valence-electron chi connectivity index (χ3n) is 6.40. The lowest BCUT2D eigenvalue weighted by molar-refractivity contribution is -0.680. The number of aromatic nitrogens is 1. The van der Waals surface area contributed by atoms with Gasteiger partial charge in [-0.3, -0.25) is 0 Å². The fraction of sp³-hybridized carbons (Fsp3) is 0.806. The van der Waals surface area contributed by atoms with E-state index < -0.39 is 5.97 Å². The van der Waals surface area contributed by atoms with E-state index in [4.69, 9.17) is 9.90 Å². The number of aliphatic carboxylic acids is 1. The molecule has 0 saturated carbocycles. The van der Waals surface area contributed by atoms with Gasteiger partial charge in [-0.05, 0) is 52.1 Å². The molecule has 206 valence electrons. The van der Waals surface area contributed by atoms with E-state index >= 15 is 0 Å². The summed E-state index contributed by atoms with van der Waals surface area (Å²) in [5.41, 5.74) is 9.34. The van der Waals surface area contributed by atoms with Crippen molar-refractivity contribution in [2.75, 3.05) is 7.05 Å². The van der Waals surface area contributed by atoms with Crippen molar-refractivity contribution in [3.63, 3.8) is 0 Å². The van der Waals surface area contributed by atoms with Gasteiger partial charge in [0.15, 0.2) is 11.9 Å². The van der Waals surface area contributed by atoms with Crippen molar-refractivity contribution in [1.29, 1.82) is 0 Å². The highest BCUT2D eigenvalue weighted by Crippen LogP contribution is 2.18. The summed E-state index contributed by atoms with van der Waals surface area (Å²) < 4.78 is 2.48. The molecule has 4 heteroatoms. The lowest BCUT2D eigenvalue weighted by Gasteiger charge is -2.11. The van der Waals surface area contributed by atoms with Gasteiger partial charge in [0.05, 0.1) is 0 Å². The second-order valence-electron chi connectivity index (χ2n) is 9.77. The molecule has 4 nitrogen and oxygen atoms in total. The summed E-state index contributed by atoms with van der Waals surface area (Å²) in [5.74, 6) is -1.08. The second kappa shape index (κ2) is 27.2. The van der Waals surface area contributed by atoms with Crippen molar-refractivity contribution in [1.82, 2.24) is 0 Å². The van der Waals surface area contributed by atoms with Gasteiger partial charge in [-0.15, -0.1) is 0 Å². The molecule has 0 unspecified atom stereocenters. The van der Waals surface area contributed by atoms with Crippen LogP contribution in [0.1, 0.15) is 147 Å². The van der Waals surface area contributed by atoms with Crippen LogP contribution in [0.3, 0.4) is 0 Å². The predicted octanol–water partition coefficient (Wildman–Crippen LogP) is 6.77. The topological polar surface area (TPSA) is 70.0 Å². The zero-order chi connectivity index (χ0) is 26.7. The molecule has 1 rings (SSSR count). The average Bonchev–Trinajstić information content (AvgIpc) is 2.83.